The monoisotopic (exact) mass is 374 g/mol. The van der Waals surface area contributed by atoms with Crippen molar-refractivity contribution in [3.8, 4) is 0 Å². The summed E-state index contributed by atoms with van der Waals surface area (Å²) in [6, 6.07) is 14.8. The Bertz CT molecular complexity index is 896. The number of benzene rings is 2. The zero-order valence-corrected chi connectivity index (χ0v) is 14.1. The van der Waals surface area contributed by atoms with E-state index in [1.54, 1.807) is 30.1 Å². The minimum atomic E-state index is -0.517. The lowest BCUT2D eigenvalue weighted by Crippen LogP contribution is -2.32. The number of carbonyl (C=O) groups excluding carboxylic acids is 1. The van der Waals surface area contributed by atoms with E-state index < -0.39 is 5.76 Å². The number of hydrogen-bond donors (Lipinski definition) is 0. The van der Waals surface area contributed by atoms with E-state index in [1.165, 1.54) is 4.57 Å². The van der Waals surface area contributed by atoms with Gasteiger partial charge in [0.15, 0.2) is 5.58 Å². The molecule has 118 valence electrons. The van der Waals surface area contributed by atoms with Crippen LogP contribution in [-0.2, 0) is 17.9 Å². The second kappa shape index (κ2) is 6.42. The quantitative estimate of drug-likeness (QED) is 0.705. The summed E-state index contributed by atoms with van der Waals surface area (Å²) in [4.78, 5) is 25.9. The molecule has 0 spiro atoms. The molecule has 1 heterocycles. The highest BCUT2D eigenvalue weighted by Gasteiger charge is 2.15. The maximum atomic E-state index is 12.4. The van der Waals surface area contributed by atoms with Gasteiger partial charge in [-0.1, -0.05) is 40.2 Å². The highest BCUT2D eigenvalue weighted by atomic mass is 79.9. The van der Waals surface area contributed by atoms with E-state index in [1.807, 2.05) is 30.3 Å². The first-order valence-electron chi connectivity index (χ1n) is 7.11. The molecule has 0 aliphatic heterocycles. The second-order valence-electron chi connectivity index (χ2n) is 5.30. The van der Waals surface area contributed by atoms with Crippen LogP contribution in [0.1, 0.15) is 5.56 Å². The van der Waals surface area contributed by atoms with Crippen LogP contribution >= 0.6 is 15.9 Å². The third kappa shape index (κ3) is 3.37. The lowest BCUT2D eigenvalue weighted by atomic mass is 10.2. The molecule has 2 aromatic carbocycles. The molecule has 1 aromatic heterocycles. The Hall–Kier alpha value is -2.34. The summed E-state index contributed by atoms with van der Waals surface area (Å²) in [5, 5.41) is 0. The van der Waals surface area contributed by atoms with Gasteiger partial charge in [0.2, 0.25) is 5.91 Å². The van der Waals surface area contributed by atoms with Crippen LogP contribution in [0.15, 0.2) is 62.2 Å². The van der Waals surface area contributed by atoms with Crippen molar-refractivity contribution >= 4 is 32.9 Å². The number of likely N-dealkylation sites (N-methyl/N-ethyl adjacent to an activating group) is 1. The van der Waals surface area contributed by atoms with E-state index in [2.05, 4.69) is 15.9 Å². The summed E-state index contributed by atoms with van der Waals surface area (Å²) in [7, 11) is 1.72. The number of nitrogens with zero attached hydrogens (tertiary/aromatic N) is 2. The summed E-state index contributed by atoms with van der Waals surface area (Å²) < 4.78 is 7.49. The average Bonchev–Trinajstić information content (AvgIpc) is 2.85. The molecule has 0 saturated heterocycles. The minimum Gasteiger partial charge on any atom is -0.408 e. The number of para-hydroxylation sites is 2. The lowest BCUT2D eigenvalue weighted by molar-refractivity contribution is -0.131. The molecule has 0 atom stereocenters. The Morgan fingerprint density at radius 1 is 1.17 bits per heavy atom. The van der Waals surface area contributed by atoms with Crippen LogP contribution in [0.4, 0.5) is 0 Å². The highest BCUT2D eigenvalue weighted by molar-refractivity contribution is 9.10. The van der Waals surface area contributed by atoms with Crippen molar-refractivity contribution in [2.45, 2.75) is 13.1 Å². The van der Waals surface area contributed by atoms with Crippen LogP contribution in [0.5, 0.6) is 0 Å². The number of oxazole rings is 1. The number of fused-ring (bicyclic) bond motifs is 1. The number of amides is 1. The zero-order chi connectivity index (χ0) is 16.4. The molecule has 0 radical (unpaired) electrons. The molecular weight excluding hydrogens is 360 g/mol. The number of halogens is 1. The highest BCUT2D eigenvalue weighted by Crippen LogP contribution is 2.14. The molecule has 23 heavy (non-hydrogen) atoms. The van der Waals surface area contributed by atoms with Crippen molar-refractivity contribution in [1.29, 1.82) is 0 Å². The molecule has 5 nitrogen and oxygen atoms in total. The van der Waals surface area contributed by atoms with E-state index in [-0.39, 0.29) is 12.5 Å². The number of rotatable bonds is 4. The molecule has 6 heteroatoms. The van der Waals surface area contributed by atoms with Gasteiger partial charge in [0.05, 0.1) is 5.52 Å². The normalized spacial score (nSPS) is 10.9. The standard InChI is InChI=1S/C17H15BrN2O3/c1-19(10-12-6-8-13(18)9-7-12)16(21)11-20-14-4-2-3-5-15(14)23-17(20)22/h2-9H,10-11H2,1H3. The third-order valence-electron chi connectivity index (χ3n) is 3.63. The smallest absolute Gasteiger partial charge is 0.408 e. The Labute approximate surface area is 141 Å². The Kier molecular flexibility index (Phi) is 4.34. The van der Waals surface area contributed by atoms with Gasteiger partial charge < -0.3 is 9.32 Å². The topological polar surface area (TPSA) is 55.5 Å². The fourth-order valence-electron chi connectivity index (χ4n) is 2.37. The first-order valence-corrected chi connectivity index (χ1v) is 7.90. The summed E-state index contributed by atoms with van der Waals surface area (Å²) in [6.45, 7) is 0.444. The molecule has 3 rings (SSSR count). The first kappa shape index (κ1) is 15.6. The summed E-state index contributed by atoms with van der Waals surface area (Å²) in [5.41, 5.74) is 2.14. The Morgan fingerprint density at radius 3 is 2.61 bits per heavy atom. The van der Waals surface area contributed by atoms with Gasteiger partial charge in [-0.05, 0) is 29.8 Å². The van der Waals surface area contributed by atoms with Gasteiger partial charge >= 0.3 is 5.76 Å². The predicted octanol–water partition coefficient (Wildman–Crippen LogP) is 3.02. The minimum absolute atomic E-state index is 0.0388. The number of hydrogen-bond acceptors (Lipinski definition) is 3. The largest absolute Gasteiger partial charge is 0.420 e. The van der Waals surface area contributed by atoms with Crippen LogP contribution < -0.4 is 5.76 Å². The van der Waals surface area contributed by atoms with Crippen LogP contribution in [0.25, 0.3) is 11.1 Å². The van der Waals surface area contributed by atoms with Crippen molar-refractivity contribution in [3.63, 3.8) is 0 Å². The van der Waals surface area contributed by atoms with E-state index in [0.717, 1.165) is 10.0 Å². The number of aromatic nitrogens is 1. The van der Waals surface area contributed by atoms with Crippen molar-refractivity contribution in [3.05, 3.63) is 69.1 Å². The van der Waals surface area contributed by atoms with E-state index in [9.17, 15) is 9.59 Å². The van der Waals surface area contributed by atoms with Crippen molar-refractivity contribution in [2.24, 2.45) is 0 Å². The molecule has 0 N–H and O–H groups in total. The Morgan fingerprint density at radius 2 is 1.87 bits per heavy atom. The molecule has 0 fully saturated rings. The molecule has 3 aromatic rings. The van der Waals surface area contributed by atoms with Crippen LogP contribution in [0, 0.1) is 0 Å². The molecule has 0 saturated carbocycles. The fourth-order valence-corrected chi connectivity index (χ4v) is 2.64. The van der Waals surface area contributed by atoms with Gasteiger partial charge in [-0.3, -0.25) is 9.36 Å². The molecule has 0 bridgehead atoms. The summed E-state index contributed by atoms with van der Waals surface area (Å²) in [5.74, 6) is -0.668. The molecule has 0 aliphatic rings. The summed E-state index contributed by atoms with van der Waals surface area (Å²) in [6.07, 6.45) is 0. The van der Waals surface area contributed by atoms with Crippen molar-refractivity contribution in [1.82, 2.24) is 9.47 Å². The zero-order valence-electron chi connectivity index (χ0n) is 12.5. The molecule has 1 amide bonds. The Balaban J connectivity index is 1.76. The summed E-state index contributed by atoms with van der Waals surface area (Å²) >= 11 is 3.38. The predicted molar refractivity (Wildman–Crippen MR) is 91.1 cm³/mol. The van der Waals surface area contributed by atoms with Gasteiger partial charge in [0.1, 0.15) is 6.54 Å². The van der Waals surface area contributed by atoms with Gasteiger partial charge in [0, 0.05) is 18.1 Å². The van der Waals surface area contributed by atoms with Crippen LogP contribution in [0.3, 0.4) is 0 Å². The van der Waals surface area contributed by atoms with Gasteiger partial charge in [-0.2, -0.15) is 0 Å². The van der Waals surface area contributed by atoms with Gasteiger partial charge in [0.25, 0.3) is 0 Å². The second-order valence-corrected chi connectivity index (χ2v) is 6.21. The third-order valence-corrected chi connectivity index (χ3v) is 4.15. The SMILES string of the molecule is CN(Cc1ccc(Br)cc1)C(=O)Cn1c(=O)oc2ccccc21. The molecule has 0 aliphatic carbocycles. The lowest BCUT2D eigenvalue weighted by Gasteiger charge is -2.17. The average molecular weight is 375 g/mol. The van der Waals surface area contributed by atoms with Crippen molar-refractivity contribution < 1.29 is 9.21 Å². The fraction of sp³-hybridized carbons (Fsp3) is 0.176. The number of carbonyl (C=O) groups is 1. The van der Waals surface area contributed by atoms with Gasteiger partial charge in [-0.15, -0.1) is 0 Å². The van der Waals surface area contributed by atoms with Crippen LogP contribution in [0.2, 0.25) is 0 Å². The molecular formula is C17H15BrN2O3. The van der Waals surface area contributed by atoms with E-state index in [0.29, 0.717) is 17.6 Å². The first-order chi connectivity index (χ1) is 11.0. The maximum absolute atomic E-state index is 12.4. The van der Waals surface area contributed by atoms with Crippen LogP contribution in [-0.4, -0.2) is 22.4 Å². The van der Waals surface area contributed by atoms with Gasteiger partial charge in [-0.25, -0.2) is 4.79 Å². The maximum Gasteiger partial charge on any atom is 0.420 e. The molecule has 0 unspecified atom stereocenters. The van der Waals surface area contributed by atoms with E-state index >= 15 is 0 Å². The van der Waals surface area contributed by atoms with E-state index in [4.69, 9.17) is 4.42 Å². The van der Waals surface area contributed by atoms with Crippen molar-refractivity contribution in [2.75, 3.05) is 7.05 Å².